The van der Waals surface area contributed by atoms with Crippen molar-refractivity contribution in [2.45, 2.75) is 6.61 Å². The molecule has 84 valence electrons. The molecule has 0 bridgehead atoms. The van der Waals surface area contributed by atoms with Gasteiger partial charge in [0.25, 0.3) is 0 Å². The number of hydrogen-bond donors (Lipinski definition) is 1. The van der Waals surface area contributed by atoms with E-state index in [4.69, 9.17) is 19.6 Å². The number of nitrogens with two attached hydrogens (primary N) is 1. The lowest BCUT2D eigenvalue weighted by Gasteiger charge is -2.09. The number of rotatable bonds is 4. The smallest absolute Gasteiger partial charge is 0.146 e. The summed E-state index contributed by atoms with van der Waals surface area (Å²) in [5.74, 6) is 2.06. The van der Waals surface area contributed by atoms with Crippen LogP contribution < -0.4 is 15.2 Å². The van der Waals surface area contributed by atoms with Crippen molar-refractivity contribution in [3.63, 3.8) is 0 Å². The molecule has 0 fully saturated rings. The first kappa shape index (κ1) is 10.4. The first-order chi connectivity index (χ1) is 7.79. The third-order valence-electron chi connectivity index (χ3n) is 2.17. The van der Waals surface area contributed by atoms with Crippen molar-refractivity contribution in [2.75, 3.05) is 12.8 Å². The average Bonchev–Trinajstić information content (AvgIpc) is 2.81. The van der Waals surface area contributed by atoms with Gasteiger partial charge in [-0.25, -0.2) is 0 Å². The largest absolute Gasteiger partial charge is 0.497 e. The molecule has 0 saturated heterocycles. The van der Waals surface area contributed by atoms with Crippen molar-refractivity contribution >= 4 is 5.69 Å². The molecule has 0 atom stereocenters. The lowest BCUT2D eigenvalue weighted by Crippen LogP contribution is -1.98. The molecule has 0 unspecified atom stereocenters. The van der Waals surface area contributed by atoms with Crippen molar-refractivity contribution in [1.29, 1.82) is 0 Å². The normalized spacial score (nSPS) is 10.1. The van der Waals surface area contributed by atoms with Crippen molar-refractivity contribution in [3.05, 3.63) is 42.4 Å². The molecule has 1 heterocycles. The second-order valence-corrected chi connectivity index (χ2v) is 3.27. The fraction of sp³-hybridized carbons (Fsp3) is 0.167. The van der Waals surface area contributed by atoms with Crippen LogP contribution in [-0.4, -0.2) is 7.11 Å². The van der Waals surface area contributed by atoms with Crippen LogP contribution in [-0.2, 0) is 6.61 Å². The molecule has 1 aromatic heterocycles. The Morgan fingerprint density at radius 1 is 1.31 bits per heavy atom. The molecule has 0 spiro atoms. The summed E-state index contributed by atoms with van der Waals surface area (Å²) in [6.07, 6.45) is 1.60. The molecular formula is C12H13NO3. The first-order valence-corrected chi connectivity index (χ1v) is 4.88. The molecule has 4 heteroatoms. The first-order valence-electron chi connectivity index (χ1n) is 4.88. The predicted molar refractivity (Wildman–Crippen MR) is 60.4 cm³/mol. The maximum Gasteiger partial charge on any atom is 0.146 e. The molecule has 2 N–H and O–H groups in total. The lowest BCUT2D eigenvalue weighted by atomic mass is 10.3. The highest BCUT2D eigenvalue weighted by Crippen LogP contribution is 2.27. The predicted octanol–water partition coefficient (Wildman–Crippen LogP) is 2.45. The summed E-state index contributed by atoms with van der Waals surface area (Å²) in [5.41, 5.74) is 6.35. The minimum atomic E-state index is 0.352. The Labute approximate surface area is 93.6 Å². The molecule has 0 radical (unpaired) electrons. The van der Waals surface area contributed by atoms with Gasteiger partial charge < -0.3 is 19.6 Å². The van der Waals surface area contributed by atoms with Gasteiger partial charge in [-0.1, -0.05) is 0 Å². The van der Waals surface area contributed by atoms with Gasteiger partial charge in [-0.05, 0) is 24.3 Å². The summed E-state index contributed by atoms with van der Waals surface area (Å²) in [7, 11) is 1.60. The van der Waals surface area contributed by atoms with Crippen LogP contribution in [0.1, 0.15) is 5.76 Å². The highest BCUT2D eigenvalue weighted by Gasteiger charge is 2.04. The van der Waals surface area contributed by atoms with E-state index >= 15 is 0 Å². The number of nitrogen functional groups attached to an aromatic ring is 1. The van der Waals surface area contributed by atoms with Gasteiger partial charge in [-0.15, -0.1) is 0 Å². The maximum absolute atomic E-state index is 5.77. The van der Waals surface area contributed by atoms with E-state index in [1.165, 1.54) is 0 Å². The summed E-state index contributed by atoms with van der Waals surface area (Å²) in [6, 6.07) is 8.94. The van der Waals surface area contributed by atoms with Crippen molar-refractivity contribution in [3.8, 4) is 11.5 Å². The number of benzene rings is 1. The summed E-state index contributed by atoms with van der Waals surface area (Å²) in [6.45, 7) is 0.352. The summed E-state index contributed by atoms with van der Waals surface area (Å²) in [4.78, 5) is 0. The summed E-state index contributed by atoms with van der Waals surface area (Å²) < 4.78 is 15.8. The van der Waals surface area contributed by atoms with Crippen molar-refractivity contribution in [1.82, 2.24) is 0 Å². The van der Waals surface area contributed by atoms with Crippen LogP contribution in [0, 0.1) is 0 Å². The van der Waals surface area contributed by atoms with E-state index in [2.05, 4.69) is 0 Å². The molecule has 0 aliphatic rings. The third kappa shape index (κ3) is 2.28. The van der Waals surface area contributed by atoms with Crippen LogP contribution in [0.5, 0.6) is 11.5 Å². The van der Waals surface area contributed by atoms with Crippen molar-refractivity contribution in [2.24, 2.45) is 0 Å². The van der Waals surface area contributed by atoms with Gasteiger partial charge in [-0.2, -0.15) is 0 Å². The molecule has 2 rings (SSSR count). The molecule has 4 nitrogen and oxygen atoms in total. The van der Waals surface area contributed by atoms with Crippen LogP contribution in [0.25, 0.3) is 0 Å². The molecule has 16 heavy (non-hydrogen) atoms. The minimum Gasteiger partial charge on any atom is -0.497 e. The zero-order valence-corrected chi connectivity index (χ0v) is 8.97. The molecular weight excluding hydrogens is 206 g/mol. The molecule has 1 aromatic carbocycles. The highest BCUT2D eigenvalue weighted by atomic mass is 16.5. The minimum absolute atomic E-state index is 0.352. The molecule has 0 aliphatic carbocycles. The van der Waals surface area contributed by atoms with Gasteiger partial charge in [0.2, 0.25) is 0 Å². The Bertz CT molecular complexity index is 451. The molecule has 2 aromatic rings. The topological polar surface area (TPSA) is 57.6 Å². The molecule has 0 aliphatic heterocycles. The van der Waals surface area contributed by atoms with Gasteiger partial charge in [0.1, 0.15) is 23.9 Å². The van der Waals surface area contributed by atoms with E-state index in [9.17, 15) is 0 Å². The Hall–Kier alpha value is -2.10. The fourth-order valence-corrected chi connectivity index (χ4v) is 1.31. The lowest BCUT2D eigenvalue weighted by molar-refractivity contribution is 0.270. The van der Waals surface area contributed by atoms with Crippen LogP contribution in [0.4, 0.5) is 5.69 Å². The van der Waals surface area contributed by atoms with Crippen LogP contribution in [0.2, 0.25) is 0 Å². The zero-order chi connectivity index (χ0) is 11.4. The van der Waals surface area contributed by atoms with Crippen LogP contribution >= 0.6 is 0 Å². The Balaban J connectivity index is 2.08. The second-order valence-electron chi connectivity index (χ2n) is 3.27. The number of methoxy groups -OCH3 is 1. The standard InChI is InChI=1S/C12H13NO3/c1-14-9-4-5-11(13)12(7-9)16-8-10-3-2-6-15-10/h2-7H,8,13H2,1H3. The Kier molecular flexibility index (Phi) is 3.00. The molecule has 0 saturated carbocycles. The van der Waals surface area contributed by atoms with Gasteiger partial charge in [-0.3, -0.25) is 0 Å². The van der Waals surface area contributed by atoms with Crippen molar-refractivity contribution < 1.29 is 13.9 Å². The van der Waals surface area contributed by atoms with E-state index in [1.54, 1.807) is 31.6 Å². The number of hydrogen-bond acceptors (Lipinski definition) is 4. The van der Waals surface area contributed by atoms with E-state index in [1.807, 2.05) is 12.1 Å². The Morgan fingerprint density at radius 3 is 2.88 bits per heavy atom. The summed E-state index contributed by atoms with van der Waals surface area (Å²) in [5, 5.41) is 0. The maximum atomic E-state index is 5.77. The second kappa shape index (κ2) is 4.61. The van der Waals surface area contributed by atoms with E-state index in [0.29, 0.717) is 23.8 Å². The monoisotopic (exact) mass is 219 g/mol. The fourth-order valence-electron chi connectivity index (χ4n) is 1.31. The van der Waals surface area contributed by atoms with E-state index < -0.39 is 0 Å². The van der Waals surface area contributed by atoms with E-state index in [-0.39, 0.29) is 0 Å². The number of anilines is 1. The van der Waals surface area contributed by atoms with Gasteiger partial charge in [0.05, 0.1) is 19.1 Å². The number of ether oxygens (including phenoxy) is 2. The molecule has 0 amide bonds. The third-order valence-corrected chi connectivity index (χ3v) is 2.17. The highest BCUT2D eigenvalue weighted by molar-refractivity contribution is 5.55. The number of furan rings is 1. The van der Waals surface area contributed by atoms with Gasteiger partial charge in [0.15, 0.2) is 0 Å². The summed E-state index contributed by atoms with van der Waals surface area (Å²) >= 11 is 0. The Morgan fingerprint density at radius 2 is 2.19 bits per heavy atom. The van der Waals surface area contributed by atoms with Crippen LogP contribution in [0.3, 0.4) is 0 Å². The quantitative estimate of drug-likeness (QED) is 0.802. The average molecular weight is 219 g/mol. The van der Waals surface area contributed by atoms with Gasteiger partial charge >= 0.3 is 0 Å². The van der Waals surface area contributed by atoms with E-state index in [0.717, 1.165) is 5.76 Å². The SMILES string of the molecule is COc1ccc(N)c(OCc2ccco2)c1. The van der Waals surface area contributed by atoms with Crippen LogP contribution in [0.15, 0.2) is 41.0 Å². The zero-order valence-electron chi connectivity index (χ0n) is 8.97. The van der Waals surface area contributed by atoms with Gasteiger partial charge in [0, 0.05) is 6.07 Å².